The summed E-state index contributed by atoms with van der Waals surface area (Å²) < 4.78 is 51.0. The number of aromatic nitrogens is 1. The van der Waals surface area contributed by atoms with Gasteiger partial charge in [0, 0.05) is 10.9 Å². The van der Waals surface area contributed by atoms with Gasteiger partial charge in [-0.1, -0.05) is 0 Å². The third-order valence-corrected chi connectivity index (χ3v) is 3.16. The standard InChI is InChI=1S/C11H7F4NOS/c12-9-2-1-6(11(13,14)15)3-8(9)10-16-7(4-17)5-18-10/h1-3,5,17H,4H2. The van der Waals surface area contributed by atoms with E-state index in [1.165, 1.54) is 5.38 Å². The number of halogens is 4. The third kappa shape index (κ3) is 2.51. The Morgan fingerprint density at radius 1 is 1.28 bits per heavy atom. The van der Waals surface area contributed by atoms with E-state index in [1.54, 1.807) is 0 Å². The van der Waals surface area contributed by atoms with Crippen molar-refractivity contribution in [2.24, 2.45) is 0 Å². The molecule has 0 amide bonds. The van der Waals surface area contributed by atoms with Crippen molar-refractivity contribution in [2.45, 2.75) is 12.8 Å². The molecule has 96 valence electrons. The molecular weight excluding hydrogens is 270 g/mol. The Morgan fingerprint density at radius 2 is 2.00 bits per heavy atom. The van der Waals surface area contributed by atoms with E-state index in [2.05, 4.69) is 4.98 Å². The zero-order valence-electron chi connectivity index (χ0n) is 8.83. The van der Waals surface area contributed by atoms with Crippen molar-refractivity contribution >= 4 is 11.3 Å². The molecule has 0 aliphatic heterocycles. The van der Waals surface area contributed by atoms with Crippen molar-refractivity contribution in [3.63, 3.8) is 0 Å². The molecule has 2 rings (SSSR count). The summed E-state index contributed by atoms with van der Waals surface area (Å²) in [7, 11) is 0. The molecule has 0 saturated carbocycles. The molecule has 0 radical (unpaired) electrons. The number of aliphatic hydroxyl groups is 1. The molecule has 1 N–H and O–H groups in total. The maximum Gasteiger partial charge on any atom is 0.416 e. The molecule has 0 unspecified atom stereocenters. The minimum atomic E-state index is -4.53. The average molecular weight is 277 g/mol. The van der Waals surface area contributed by atoms with Gasteiger partial charge in [0.1, 0.15) is 10.8 Å². The van der Waals surface area contributed by atoms with Crippen LogP contribution in [0.3, 0.4) is 0 Å². The molecule has 1 aromatic heterocycles. The van der Waals surface area contributed by atoms with Crippen LogP contribution in [0.25, 0.3) is 10.6 Å². The Labute approximate surface area is 104 Å². The summed E-state index contributed by atoms with van der Waals surface area (Å²) in [6.07, 6.45) is -4.53. The molecule has 1 heterocycles. The molecule has 0 fully saturated rings. The van der Waals surface area contributed by atoms with Crippen LogP contribution in [0.2, 0.25) is 0 Å². The number of thiazole rings is 1. The van der Waals surface area contributed by atoms with Crippen LogP contribution in [0.5, 0.6) is 0 Å². The minimum absolute atomic E-state index is 0.114. The normalized spacial score (nSPS) is 11.8. The quantitative estimate of drug-likeness (QED) is 0.853. The van der Waals surface area contributed by atoms with Crippen LogP contribution in [-0.2, 0) is 12.8 Å². The minimum Gasteiger partial charge on any atom is -0.390 e. The van der Waals surface area contributed by atoms with E-state index >= 15 is 0 Å². The maximum atomic E-state index is 13.5. The molecule has 0 aliphatic rings. The van der Waals surface area contributed by atoms with E-state index < -0.39 is 17.6 Å². The molecule has 2 aromatic rings. The monoisotopic (exact) mass is 277 g/mol. The van der Waals surface area contributed by atoms with Crippen LogP contribution in [0, 0.1) is 5.82 Å². The maximum absolute atomic E-state index is 13.5. The molecule has 0 atom stereocenters. The summed E-state index contributed by atoms with van der Waals surface area (Å²) in [4.78, 5) is 3.84. The fourth-order valence-electron chi connectivity index (χ4n) is 1.37. The third-order valence-electron chi connectivity index (χ3n) is 2.24. The second-order valence-corrected chi connectivity index (χ2v) is 4.35. The fraction of sp³-hybridized carbons (Fsp3) is 0.182. The van der Waals surface area contributed by atoms with Crippen molar-refractivity contribution in [3.05, 3.63) is 40.7 Å². The zero-order chi connectivity index (χ0) is 13.3. The lowest BCUT2D eigenvalue weighted by molar-refractivity contribution is -0.137. The Morgan fingerprint density at radius 3 is 2.56 bits per heavy atom. The molecule has 18 heavy (non-hydrogen) atoms. The number of nitrogens with zero attached hydrogens (tertiary/aromatic N) is 1. The smallest absolute Gasteiger partial charge is 0.390 e. The lowest BCUT2D eigenvalue weighted by atomic mass is 10.1. The highest BCUT2D eigenvalue weighted by molar-refractivity contribution is 7.13. The van der Waals surface area contributed by atoms with E-state index in [0.29, 0.717) is 11.8 Å². The van der Waals surface area contributed by atoms with Crippen LogP contribution in [0.1, 0.15) is 11.3 Å². The predicted octanol–water partition coefficient (Wildman–Crippen LogP) is 3.46. The SMILES string of the molecule is OCc1csc(-c2cc(C(F)(F)F)ccc2F)n1. The van der Waals surface area contributed by atoms with Crippen LogP contribution in [-0.4, -0.2) is 10.1 Å². The Hall–Kier alpha value is -1.47. The van der Waals surface area contributed by atoms with Gasteiger partial charge in [0.25, 0.3) is 0 Å². The predicted molar refractivity (Wildman–Crippen MR) is 58.4 cm³/mol. The molecule has 0 bridgehead atoms. The number of alkyl halides is 3. The van der Waals surface area contributed by atoms with Crippen molar-refractivity contribution < 1.29 is 22.7 Å². The van der Waals surface area contributed by atoms with Crippen LogP contribution >= 0.6 is 11.3 Å². The van der Waals surface area contributed by atoms with E-state index in [1.807, 2.05) is 0 Å². The highest BCUT2D eigenvalue weighted by Gasteiger charge is 2.31. The number of hydrogen-bond acceptors (Lipinski definition) is 3. The highest BCUT2D eigenvalue weighted by Crippen LogP contribution is 2.34. The van der Waals surface area contributed by atoms with Gasteiger partial charge in [0.05, 0.1) is 17.9 Å². The molecule has 2 nitrogen and oxygen atoms in total. The molecule has 0 saturated heterocycles. The zero-order valence-corrected chi connectivity index (χ0v) is 9.65. The highest BCUT2D eigenvalue weighted by atomic mass is 32.1. The fourth-order valence-corrected chi connectivity index (χ4v) is 2.20. The van der Waals surface area contributed by atoms with Crippen LogP contribution < -0.4 is 0 Å². The van der Waals surface area contributed by atoms with E-state index in [-0.39, 0.29) is 17.2 Å². The van der Waals surface area contributed by atoms with Crippen molar-refractivity contribution in [1.82, 2.24) is 4.98 Å². The summed E-state index contributed by atoms with van der Waals surface area (Å²) in [5, 5.41) is 10.4. The summed E-state index contributed by atoms with van der Waals surface area (Å²) in [5.74, 6) is -0.776. The summed E-state index contributed by atoms with van der Waals surface area (Å²) in [6, 6.07) is 2.16. The second kappa shape index (κ2) is 4.66. The van der Waals surface area contributed by atoms with Crippen molar-refractivity contribution in [2.75, 3.05) is 0 Å². The van der Waals surface area contributed by atoms with Gasteiger partial charge in [0.15, 0.2) is 0 Å². The van der Waals surface area contributed by atoms with Gasteiger partial charge in [-0.3, -0.25) is 0 Å². The van der Waals surface area contributed by atoms with E-state index in [4.69, 9.17) is 5.11 Å². The molecule has 7 heteroatoms. The first kappa shape index (κ1) is 13.0. The van der Waals surface area contributed by atoms with Crippen molar-refractivity contribution in [1.29, 1.82) is 0 Å². The first-order chi connectivity index (χ1) is 8.41. The number of aliphatic hydroxyl groups excluding tert-OH is 1. The van der Waals surface area contributed by atoms with Gasteiger partial charge in [-0.2, -0.15) is 13.2 Å². The van der Waals surface area contributed by atoms with Crippen LogP contribution in [0.15, 0.2) is 23.6 Å². The Kier molecular flexibility index (Phi) is 3.36. The summed E-state index contributed by atoms with van der Waals surface area (Å²) in [6.45, 7) is -0.336. The summed E-state index contributed by atoms with van der Waals surface area (Å²) in [5.41, 5.74) is -0.846. The van der Waals surface area contributed by atoms with Gasteiger partial charge in [-0.25, -0.2) is 9.37 Å². The number of rotatable bonds is 2. The Bertz CT molecular complexity index is 564. The lowest BCUT2D eigenvalue weighted by Crippen LogP contribution is -2.05. The van der Waals surface area contributed by atoms with Crippen LogP contribution in [0.4, 0.5) is 17.6 Å². The van der Waals surface area contributed by atoms with E-state index in [0.717, 1.165) is 23.5 Å². The average Bonchev–Trinajstić information content (AvgIpc) is 2.76. The van der Waals surface area contributed by atoms with Crippen molar-refractivity contribution in [3.8, 4) is 10.6 Å². The largest absolute Gasteiger partial charge is 0.416 e. The second-order valence-electron chi connectivity index (χ2n) is 3.49. The first-order valence-corrected chi connectivity index (χ1v) is 5.72. The molecular formula is C11H7F4NOS. The number of hydrogen-bond donors (Lipinski definition) is 1. The Balaban J connectivity index is 2.49. The van der Waals surface area contributed by atoms with Gasteiger partial charge in [-0.15, -0.1) is 11.3 Å². The molecule has 1 aromatic carbocycles. The van der Waals surface area contributed by atoms with Gasteiger partial charge < -0.3 is 5.11 Å². The first-order valence-electron chi connectivity index (χ1n) is 4.84. The topological polar surface area (TPSA) is 33.1 Å². The lowest BCUT2D eigenvalue weighted by Gasteiger charge is -2.08. The van der Waals surface area contributed by atoms with Gasteiger partial charge in [-0.05, 0) is 18.2 Å². The molecule has 0 aliphatic carbocycles. The number of benzene rings is 1. The summed E-state index contributed by atoms with van der Waals surface area (Å²) >= 11 is 0.982. The van der Waals surface area contributed by atoms with Gasteiger partial charge in [0.2, 0.25) is 0 Å². The van der Waals surface area contributed by atoms with Gasteiger partial charge >= 0.3 is 6.18 Å². The molecule has 0 spiro atoms. The van der Waals surface area contributed by atoms with E-state index in [9.17, 15) is 17.6 Å².